The monoisotopic (exact) mass is 205 g/mol. The summed E-state index contributed by atoms with van der Waals surface area (Å²) in [5, 5.41) is 15.8. The van der Waals surface area contributed by atoms with Crippen molar-refractivity contribution in [2.24, 2.45) is 7.05 Å². The first-order valence-corrected chi connectivity index (χ1v) is 4.04. The molecular weight excluding hydrogens is 190 g/mol. The molecule has 0 fully saturated rings. The van der Waals surface area contributed by atoms with E-state index in [0.29, 0.717) is 6.54 Å². The molecule has 1 aromatic rings. The van der Waals surface area contributed by atoms with Crippen LogP contribution in [-0.4, -0.2) is 28.0 Å². The van der Waals surface area contributed by atoms with E-state index in [0.717, 1.165) is 6.54 Å². The molecule has 1 rings (SSSR count). The predicted molar refractivity (Wildman–Crippen MR) is 54.0 cm³/mol. The van der Waals surface area contributed by atoms with Gasteiger partial charge in [0, 0.05) is 20.1 Å². The molecule has 0 amide bonds. The molecule has 1 aromatic heterocycles. The Morgan fingerprint density at radius 2 is 2.31 bits per heavy atom. The lowest BCUT2D eigenvalue weighted by molar-refractivity contribution is 0.291. The van der Waals surface area contributed by atoms with Gasteiger partial charge in [0.2, 0.25) is 0 Å². The van der Waals surface area contributed by atoms with Gasteiger partial charge in [0.1, 0.15) is 0 Å². The molecule has 0 saturated carbocycles. The average Bonchev–Trinajstić information content (AvgIpc) is 2.35. The minimum absolute atomic E-state index is 0. The lowest BCUT2D eigenvalue weighted by Crippen LogP contribution is -2.19. The van der Waals surface area contributed by atoms with Crippen LogP contribution in [0.2, 0.25) is 0 Å². The number of rotatable bonds is 4. The summed E-state index contributed by atoms with van der Waals surface area (Å²) in [6.07, 6.45) is 1.84. The summed E-state index contributed by atoms with van der Waals surface area (Å²) < 4.78 is 1.85. The van der Waals surface area contributed by atoms with Gasteiger partial charge in [-0.1, -0.05) is 0 Å². The van der Waals surface area contributed by atoms with Crippen LogP contribution >= 0.6 is 12.4 Å². The number of nitrogens with zero attached hydrogens (tertiary/aromatic N) is 2. The SMILES string of the molecule is Cc1cnn(C)c1CNCCO.Cl. The van der Waals surface area contributed by atoms with E-state index in [2.05, 4.69) is 10.4 Å². The standard InChI is InChI=1S/C8H15N3O.ClH/c1-7-5-10-11(2)8(7)6-9-3-4-12;/h5,9,12H,3-4,6H2,1-2H3;1H. The third-order valence-corrected chi connectivity index (χ3v) is 1.85. The summed E-state index contributed by atoms with van der Waals surface area (Å²) in [4.78, 5) is 0. The summed E-state index contributed by atoms with van der Waals surface area (Å²) in [5.74, 6) is 0. The van der Waals surface area contributed by atoms with Gasteiger partial charge in [0.05, 0.1) is 18.5 Å². The van der Waals surface area contributed by atoms with Crippen molar-refractivity contribution < 1.29 is 5.11 Å². The fourth-order valence-corrected chi connectivity index (χ4v) is 1.11. The van der Waals surface area contributed by atoms with Crippen molar-refractivity contribution in [1.29, 1.82) is 0 Å². The van der Waals surface area contributed by atoms with Gasteiger partial charge in [-0.05, 0) is 12.5 Å². The topological polar surface area (TPSA) is 50.1 Å². The minimum Gasteiger partial charge on any atom is -0.395 e. The minimum atomic E-state index is 0. The van der Waals surface area contributed by atoms with Crippen molar-refractivity contribution in [3.05, 3.63) is 17.5 Å². The average molecular weight is 206 g/mol. The van der Waals surface area contributed by atoms with Crippen LogP contribution in [0.3, 0.4) is 0 Å². The second-order valence-electron chi connectivity index (χ2n) is 2.80. The van der Waals surface area contributed by atoms with Gasteiger partial charge < -0.3 is 10.4 Å². The summed E-state index contributed by atoms with van der Waals surface area (Å²) in [6.45, 7) is 3.60. The molecule has 0 spiro atoms. The number of aliphatic hydroxyl groups excluding tert-OH is 1. The normalized spacial score (nSPS) is 9.77. The third-order valence-electron chi connectivity index (χ3n) is 1.85. The largest absolute Gasteiger partial charge is 0.395 e. The van der Waals surface area contributed by atoms with Crippen LogP contribution in [0.5, 0.6) is 0 Å². The van der Waals surface area contributed by atoms with Crippen LogP contribution < -0.4 is 5.32 Å². The van der Waals surface area contributed by atoms with Gasteiger partial charge in [-0.3, -0.25) is 4.68 Å². The van der Waals surface area contributed by atoms with E-state index in [-0.39, 0.29) is 19.0 Å². The zero-order valence-electron chi connectivity index (χ0n) is 7.95. The molecule has 0 bridgehead atoms. The maximum atomic E-state index is 8.55. The highest BCUT2D eigenvalue weighted by atomic mass is 35.5. The van der Waals surface area contributed by atoms with Crippen molar-refractivity contribution in [3.8, 4) is 0 Å². The van der Waals surface area contributed by atoms with Crippen molar-refractivity contribution in [2.75, 3.05) is 13.2 Å². The Morgan fingerprint density at radius 1 is 1.62 bits per heavy atom. The first kappa shape index (κ1) is 12.4. The van der Waals surface area contributed by atoms with Gasteiger partial charge >= 0.3 is 0 Å². The highest BCUT2D eigenvalue weighted by molar-refractivity contribution is 5.85. The zero-order chi connectivity index (χ0) is 8.97. The summed E-state index contributed by atoms with van der Waals surface area (Å²) >= 11 is 0. The fourth-order valence-electron chi connectivity index (χ4n) is 1.11. The molecule has 0 radical (unpaired) electrons. The van der Waals surface area contributed by atoms with Crippen LogP contribution in [0.1, 0.15) is 11.3 Å². The molecule has 0 aliphatic heterocycles. The van der Waals surface area contributed by atoms with Crippen LogP contribution in [0.4, 0.5) is 0 Å². The third kappa shape index (κ3) is 3.34. The van der Waals surface area contributed by atoms with Crippen molar-refractivity contribution in [1.82, 2.24) is 15.1 Å². The Morgan fingerprint density at radius 3 is 2.77 bits per heavy atom. The molecule has 0 aliphatic carbocycles. The second kappa shape index (κ2) is 5.96. The molecule has 76 valence electrons. The lowest BCUT2D eigenvalue weighted by Gasteiger charge is -2.04. The number of hydrogen-bond donors (Lipinski definition) is 2. The second-order valence-corrected chi connectivity index (χ2v) is 2.80. The number of nitrogens with one attached hydrogen (secondary N) is 1. The molecule has 5 heteroatoms. The van der Waals surface area contributed by atoms with E-state index in [4.69, 9.17) is 5.11 Å². The fraction of sp³-hybridized carbons (Fsp3) is 0.625. The Balaban J connectivity index is 0.00000144. The summed E-state index contributed by atoms with van der Waals surface area (Å²) in [7, 11) is 1.92. The van der Waals surface area contributed by atoms with Gasteiger partial charge in [0.15, 0.2) is 0 Å². The van der Waals surface area contributed by atoms with E-state index in [1.54, 1.807) is 0 Å². The quantitative estimate of drug-likeness (QED) is 0.693. The van der Waals surface area contributed by atoms with Crippen LogP contribution in [0.15, 0.2) is 6.20 Å². The first-order valence-electron chi connectivity index (χ1n) is 4.04. The molecule has 1 heterocycles. The van der Waals surface area contributed by atoms with Gasteiger partial charge in [-0.15, -0.1) is 12.4 Å². The number of aryl methyl sites for hydroxylation is 2. The Kier molecular flexibility index (Phi) is 5.70. The lowest BCUT2D eigenvalue weighted by atomic mass is 10.3. The Hall–Kier alpha value is -0.580. The van der Waals surface area contributed by atoms with E-state index in [1.165, 1.54) is 11.3 Å². The van der Waals surface area contributed by atoms with Gasteiger partial charge in [-0.25, -0.2) is 0 Å². The number of hydrogen-bond acceptors (Lipinski definition) is 3. The molecular formula is C8H16ClN3O. The molecule has 0 aliphatic rings. The number of aliphatic hydroxyl groups is 1. The molecule has 0 atom stereocenters. The molecule has 4 nitrogen and oxygen atoms in total. The molecule has 13 heavy (non-hydrogen) atoms. The molecule has 2 N–H and O–H groups in total. The summed E-state index contributed by atoms with van der Waals surface area (Å²) in [6, 6.07) is 0. The van der Waals surface area contributed by atoms with Gasteiger partial charge in [0.25, 0.3) is 0 Å². The smallest absolute Gasteiger partial charge is 0.0556 e. The van der Waals surface area contributed by atoms with E-state index in [9.17, 15) is 0 Å². The molecule has 0 unspecified atom stereocenters. The Bertz CT molecular complexity index is 230. The Labute approximate surface area is 84.4 Å². The van der Waals surface area contributed by atoms with Crippen molar-refractivity contribution in [3.63, 3.8) is 0 Å². The summed E-state index contributed by atoms with van der Waals surface area (Å²) in [5.41, 5.74) is 2.35. The highest BCUT2D eigenvalue weighted by Crippen LogP contribution is 2.03. The molecule has 0 aromatic carbocycles. The van der Waals surface area contributed by atoms with Crippen molar-refractivity contribution >= 4 is 12.4 Å². The molecule has 0 saturated heterocycles. The number of halogens is 1. The predicted octanol–water partition coefficient (Wildman–Crippen LogP) is 0.232. The van der Waals surface area contributed by atoms with E-state index < -0.39 is 0 Å². The van der Waals surface area contributed by atoms with Crippen LogP contribution in [0, 0.1) is 6.92 Å². The maximum absolute atomic E-state index is 8.55. The zero-order valence-corrected chi connectivity index (χ0v) is 8.77. The van der Waals surface area contributed by atoms with E-state index in [1.807, 2.05) is 24.9 Å². The number of aromatic nitrogens is 2. The van der Waals surface area contributed by atoms with Crippen molar-refractivity contribution in [2.45, 2.75) is 13.5 Å². The highest BCUT2D eigenvalue weighted by Gasteiger charge is 2.02. The van der Waals surface area contributed by atoms with Gasteiger partial charge in [-0.2, -0.15) is 5.10 Å². The van der Waals surface area contributed by atoms with Crippen LogP contribution in [-0.2, 0) is 13.6 Å². The maximum Gasteiger partial charge on any atom is 0.0556 e. The first-order chi connectivity index (χ1) is 5.75. The van der Waals surface area contributed by atoms with E-state index >= 15 is 0 Å². The van der Waals surface area contributed by atoms with Crippen LogP contribution in [0.25, 0.3) is 0 Å².